The summed E-state index contributed by atoms with van der Waals surface area (Å²) in [4.78, 5) is 16.8. The molecule has 0 radical (unpaired) electrons. The Morgan fingerprint density at radius 2 is 2.13 bits per heavy atom. The van der Waals surface area contributed by atoms with Crippen molar-refractivity contribution >= 4 is 22.8 Å². The lowest BCUT2D eigenvalue weighted by Gasteiger charge is -2.10. The van der Waals surface area contributed by atoms with Crippen LogP contribution in [0.5, 0.6) is 0 Å². The number of amides is 1. The molecule has 0 saturated heterocycles. The Balaban J connectivity index is 1.82. The van der Waals surface area contributed by atoms with Crippen molar-refractivity contribution < 1.29 is 4.79 Å². The molecule has 1 N–H and O–H groups in total. The van der Waals surface area contributed by atoms with Gasteiger partial charge in [-0.15, -0.1) is 0 Å². The standard InChI is InChI=1S/C17H19N5O/c1-3-21-14-7-5-4-6-13(14)18-17(21)22-15(10-11(2)20-22)19-16(23)12-8-9-12/h4-7,10,12H,3,8-9H2,1-2H3,(H,19,23). The monoisotopic (exact) mass is 309 g/mol. The number of hydrogen-bond acceptors (Lipinski definition) is 3. The summed E-state index contributed by atoms with van der Waals surface area (Å²) in [5, 5.41) is 7.53. The molecule has 1 fully saturated rings. The lowest BCUT2D eigenvalue weighted by atomic mass is 10.3. The first-order valence-electron chi connectivity index (χ1n) is 8.00. The van der Waals surface area contributed by atoms with Gasteiger partial charge in [0.25, 0.3) is 0 Å². The molecule has 1 aliphatic rings. The van der Waals surface area contributed by atoms with E-state index in [2.05, 4.69) is 21.9 Å². The van der Waals surface area contributed by atoms with Crippen LogP contribution in [0.15, 0.2) is 30.3 Å². The highest BCUT2D eigenvalue weighted by atomic mass is 16.2. The highest BCUT2D eigenvalue weighted by molar-refractivity contribution is 5.93. The number of anilines is 1. The average molecular weight is 309 g/mol. The van der Waals surface area contributed by atoms with Crippen LogP contribution >= 0.6 is 0 Å². The fourth-order valence-electron chi connectivity index (χ4n) is 2.85. The maximum absolute atomic E-state index is 12.1. The van der Waals surface area contributed by atoms with Gasteiger partial charge in [-0.2, -0.15) is 9.78 Å². The SMILES string of the molecule is CCn1c(-n2nc(C)cc2NC(=O)C2CC2)nc2ccccc21. The summed E-state index contributed by atoms with van der Waals surface area (Å²) in [6, 6.07) is 9.91. The van der Waals surface area contributed by atoms with Crippen LogP contribution in [0.25, 0.3) is 17.0 Å². The highest BCUT2D eigenvalue weighted by Gasteiger charge is 2.30. The number of para-hydroxylation sites is 2. The molecule has 6 heteroatoms. The zero-order valence-corrected chi connectivity index (χ0v) is 13.3. The molecule has 3 aromatic rings. The Hall–Kier alpha value is -2.63. The average Bonchev–Trinajstić information content (AvgIpc) is 3.24. The topological polar surface area (TPSA) is 64.7 Å². The molecule has 4 rings (SSSR count). The van der Waals surface area contributed by atoms with Crippen LogP contribution in [0.3, 0.4) is 0 Å². The molecule has 118 valence electrons. The van der Waals surface area contributed by atoms with Gasteiger partial charge in [0.15, 0.2) is 0 Å². The predicted octanol–water partition coefficient (Wildman–Crippen LogP) is 2.90. The van der Waals surface area contributed by atoms with Gasteiger partial charge in [-0.05, 0) is 38.8 Å². The number of hydrogen-bond donors (Lipinski definition) is 1. The molecule has 0 aliphatic heterocycles. The predicted molar refractivity (Wildman–Crippen MR) is 88.6 cm³/mol. The summed E-state index contributed by atoms with van der Waals surface area (Å²) >= 11 is 0. The first kappa shape index (κ1) is 14.0. The third kappa shape index (κ3) is 2.40. The van der Waals surface area contributed by atoms with Crippen LogP contribution in [0, 0.1) is 12.8 Å². The van der Waals surface area contributed by atoms with Crippen molar-refractivity contribution in [3.05, 3.63) is 36.0 Å². The van der Waals surface area contributed by atoms with E-state index >= 15 is 0 Å². The van der Waals surface area contributed by atoms with Crippen LogP contribution in [0.1, 0.15) is 25.5 Å². The Kier molecular flexibility index (Phi) is 3.18. The molecular formula is C17H19N5O. The minimum atomic E-state index is 0.0744. The molecular weight excluding hydrogens is 290 g/mol. The molecule has 0 spiro atoms. The molecule has 1 aromatic carbocycles. The van der Waals surface area contributed by atoms with Crippen LogP contribution in [-0.2, 0) is 11.3 Å². The second-order valence-corrected chi connectivity index (χ2v) is 5.99. The maximum atomic E-state index is 12.1. The van der Waals surface area contributed by atoms with Crippen molar-refractivity contribution in [2.45, 2.75) is 33.2 Å². The van der Waals surface area contributed by atoms with Crippen molar-refractivity contribution in [1.82, 2.24) is 19.3 Å². The third-order valence-corrected chi connectivity index (χ3v) is 4.17. The van der Waals surface area contributed by atoms with E-state index < -0.39 is 0 Å². The zero-order valence-electron chi connectivity index (χ0n) is 13.3. The molecule has 0 bridgehead atoms. The van der Waals surface area contributed by atoms with E-state index in [4.69, 9.17) is 4.98 Å². The van der Waals surface area contributed by atoms with Gasteiger partial charge in [-0.25, -0.2) is 4.98 Å². The molecule has 1 aliphatic carbocycles. The number of fused-ring (bicyclic) bond motifs is 1. The number of nitrogens with zero attached hydrogens (tertiary/aromatic N) is 4. The van der Waals surface area contributed by atoms with Crippen molar-refractivity contribution in [3.8, 4) is 5.95 Å². The second-order valence-electron chi connectivity index (χ2n) is 5.99. The van der Waals surface area contributed by atoms with Crippen LogP contribution in [0.2, 0.25) is 0 Å². The van der Waals surface area contributed by atoms with Crippen molar-refractivity contribution in [3.63, 3.8) is 0 Å². The molecule has 23 heavy (non-hydrogen) atoms. The van der Waals surface area contributed by atoms with Crippen molar-refractivity contribution in [2.24, 2.45) is 5.92 Å². The fraction of sp³-hybridized carbons (Fsp3) is 0.353. The smallest absolute Gasteiger partial charge is 0.233 e. The van der Waals surface area contributed by atoms with E-state index in [0.717, 1.165) is 42.1 Å². The van der Waals surface area contributed by atoms with Gasteiger partial charge in [0.05, 0.1) is 16.7 Å². The third-order valence-electron chi connectivity index (χ3n) is 4.17. The minimum Gasteiger partial charge on any atom is -0.310 e. The number of imidazole rings is 1. The molecule has 1 saturated carbocycles. The van der Waals surface area contributed by atoms with Gasteiger partial charge in [0.2, 0.25) is 11.9 Å². The lowest BCUT2D eigenvalue weighted by molar-refractivity contribution is -0.117. The van der Waals surface area contributed by atoms with E-state index in [-0.39, 0.29) is 11.8 Å². The van der Waals surface area contributed by atoms with Gasteiger partial charge >= 0.3 is 0 Å². The van der Waals surface area contributed by atoms with Crippen molar-refractivity contribution in [1.29, 1.82) is 0 Å². The molecule has 6 nitrogen and oxygen atoms in total. The van der Waals surface area contributed by atoms with E-state index in [1.54, 1.807) is 4.68 Å². The number of carbonyl (C=O) groups is 1. The minimum absolute atomic E-state index is 0.0744. The summed E-state index contributed by atoms with van der Waals surface area (Å²) in [5.41, 5.74) is 2.85. The summed E-state index contributed by atoms with van der Waals surface area (Å²) in [6.45, 7) is 4.78. The normalized spacial score (nSPS) is 14.3. The van der Waals surface area contributed by atoms with E-state index in [1.807, 2.05) is 37.3 Å². The molecule has 2 heterocycles. The largest absolute Gasteiger partial charge is 0.310 e. The number of aromatic nitrogens is 4. The number of benzene rings is 1. The summed E-state index contributed by atoms with van der Waals surface area (Å²) in [5.74, 6) is 1.64. The van der Waals surface area contributed by atoms with Gasteiger partial charge < -0.3 is 9.88 Å². The number of carbonyl (C=O) groups excluding carboxylic acids is 1. The van der Waals surface area contributed by atoms with Crippen LogP contribution in [0.4, 0.5) is 5.82 Å². The van der Waals surface area contributed by atoms with E-state index in [9.17, 15) is 4.79 Å². The second kappa shape index (κ2) is 5.22. The molecule has 0 atom stereocenters. The first-order valence-corrected chi connectivity index (χ1v) is 8.00. The van der Waals surface area contributed by atoms with Crippen LogP contribution in [-0.4, -0.2) is 25.2 Å². The van der Waals surface area contributed by atoms with Crippen LogP contribution < -0.4 is 5.32 Å². The van der Waals surface area contributed by atoms with Gasteiger partial charge in [-0.1, -0.05) is 12.1 Å². The maximum Gasteiger partial charge on any atom is 0.233 e. The fourth-order valence-corrected chi connectivity index (χ4v) is 2.85. The summed E-state index contributed by atoms with van der Waals surface area (Å²) in [7, 11) is 0. The van der Waals surface area contributed by atoms with E-state index in [0.29, 0.717) is 5.82 Å². The Labute approximate surface area is 134 Å². The molecule has 0 unspecified atom stereocenters. The number of nitrogens with one attached hydrogen (secondary N) is 1. The first-order chi connectivity index (χ1) is 11.2. The highest BCUT2D eigenvalue weighted by Crippen LogP contribution is 2.31. The quantitative estimate of drug-likeness (QED) is 0.806. The summed E-state index contributed by atoms with van der Waals surface area (Å²) < 4.78 is 3.84. The Morgan fingerprint density at radius 1 is 1.35 bits per heavy atom. The van der Waals surface area contributed by atoms with Gasteiger partial charge in [-0.3, -0.25) is 4.79 Å². The molecule has 1 amide bonds. The Morgan fingerprint density at radius 3 is 2.87 bits per heavy atom. The lowest BCUT2D eigenvalue weighted by Crippen LogP contribution is -2.18. The number of rotatable bonds is 4. The van der Waals surface area contributed by atoms with E-state index in [1.165, 1.54) is 0 Å². The van der Waals surface area contributed by atoms with Gasteiger partial charge in [0.1, 0.15) is 5.82 Å². The van der Waals surface area contributed by atoms with Gasteiger partial charge in [0, 0.05) is 18.5 Å². The van der Waals surface area contributed by atoms with Crippen molar-refractivity contribution in [2.75, 3.05) is 5.32 Å². The summed E-state index contributed by atoms with van der Waals surface area (Å²) in [6.07, 6.45) is 1.96. The Bertz CT molecular complexity index is 888. The zero-order chi connectivity index (χ0) is 16.0. The number of aryl methyl sites for hydroxylation is 2. The molecule has 2 aromatic heterocycles.